The van der Waals surface area contributed by atoms with Crippen LogP contribution in [0.5, 0.6) is 0 Å². The van der Waals surface area contributed by atoms with Gasteiger partial charge in [0.1, 0.15) is 0 Å². The number of nitrogens with zero attached hydrogens (tertiary/aromatic N) is 1. The van der Waals surface area contributed by atoms with Crippen molar-refractivity contribution >= 4 is 23.5 Å². The molecule has 0 unspecified atom stereocenters. The van der Waals surface area contributed by atoms with Gasteiger partial charge in [-0.15, -0.1) is 0 Å². The number of carbonyl (C=O) groups excluding carboxylic acids is 3. The molecule has 1 N–H and O–H groups in total. The van der Waals surface area contributed by atoms with E-state index in [2.05, 4.69) is 5.32 Å². The molecule has 0 aliphatic rings. The fourth-order valence-electron chi connectivity index (χ4n) is 2.37. The Morgan fingerprint density at radius 3 is 2.15 bits per heavy atom. The molecule has 0 aliphatic heterocycles. The Bertz CT molecular complexity index is 787. The van der Waals surface area contributed by atoms with Crippen LogP contribution in [0.3, 0.4) is 0 Å². The molecule has 2 aromatic rings. The molecule has 0 aliphatic carbocycles. The van der Waals surface area contributed by atoms with E-state index < -0.39 is 18.5 Å². The lowest BCUT2D eigenvalue weighted by Gasteiger charge is -2.18. The van der Waals surface area contributed by atoms with E-state index in [4.69, 9.17) is 4.74 Å². The number of benzene rings is 2. The first-order chi connectivity index (χ1) is 12.4. The molecule has 0 heterocycles. The fraction of sp³-hybridized carbons (Fsp3) is 0.250. The van der Waals surface area contributed by atoms with Crippen molar-refractivity contribution in [2.75, 3.05) is 18.6 Å². The molecule has 2 aromatic carbocycles. The van der Waals surface area contributed by atoms with Gasteiger partial charge in [0.05, 0.1) is 11.1 Å². The second kappa shape index (κ2) is 8.80. The fourth-order valence-corrected chi connectivity index (χ4v) is 2.37. The van der Waals surface area contributed by atoms with Crippen molar-refractivity contribution in [1.82, 2.24) is 5.32 Å². The molecule has 6 heteroatoms. The number of rotatable bonds is 6. The Kier molecular flexibility index (Phi) is 6.49. The zero-order valence-electron chi connectivity index (χ0n) is 15.1. The standard InChI is InChI=1S/C20H22N2O4/c1-14(2)21-18(23)13-26-20(25)17-12-8-7-11-16(17)19(24)22(3)15-9-5-4-6-10-15/h4-12,14H,13H2,1-3H3,(H,21,23). The van der Waals surface area contributed by atoms with Crippen molar-refractivity contribution in [2.24, 2.45) is 0 Å². The average Bonchev–Trinajstić information content (AvgIpc) is 2.65. The van der Waals surface area contributed by atoms with Gasteiger partial charge in [-0.25, -0.2) is 4.79 Å². The van der Waals surface area contributed by atoms with Gasteiger partial charge in [0.15, 0.2) is 6.61 Å². The van der Waals surface area contributed by atoms with E-state index in [1.807, 2.05) is 32.0 Å². The number of amides is 2. The molecule has 0 aromatic heterocycles. The number of hydrogen-bond donors (Lipinski definition) is 1. The highest BCUT2D eigenvalue weighted by Gasteiger charge is 2.22. The van der Waals surface area contributed by atoms with Gasteiger partial charge in [-0.05, 0) is 38.1 Å². The van der Waals surface area contributed by atoms with Gasteiger partial charge < -0.3 is 15.0 Å². The molecule has 0 saturated carbocycles. The maximum atomic E-state index is 12.8. The quantitative estimate of drug-likeness (QED) is 0.809. The topological polar surface area (TPSA) is 75.7 Å². The number of nitrogens with one attached hydrogen (secondary N) is 1. The molecule has 0 atom stereocenters. The number of ether oxygens (including phenoxy) is 1. The third kappa shape index (κ3) is 4.92. The first-order valence-electron chi connectivity index (χ1n) is 8.28. The van der Waals surface area contributed by atoms with Crippen molar-refractivity contribution in [1.29, 1.82) is 0 Å². The van der Waals surface area contributed by atoms with Crippen LogP contribution in [-0.4, -0.2) is 37.5 Å². The monoisotopic (exact) mass is 354 g/mol. The Labute approximate surface area is 152 Å². The maximum absolute atomic E-state index is 12.8. The van der Waals surface area contributed by atoms with Crippen LogP contribution in [0.1, 0.15) is 34.6 Å². The summed E-state index contributed by atoms with van der Waals surface area (Å²) in [6.07, 6.45) is 0. The molecule has 0 fully saturated rings. The van der Waals surface area contributed by atoms with Crippen molar-refractivity contribution < 1.29 is 19.1 Å². The molecule has 0 bridgehead atoms. The summed E-state index contributed by atoms with van der Waals surface area (Å²) in [7, 11) is 1.63. The van der Waals surface area contributed by atoms with Gasteiger partial charge >= 0.3 is 5.97 Å². The summed E-state index contributed by atoms with van der Waals surface area (Å²) in [6.45, 7) is 3.23. The molecule has 26 heavy (non-hydrogen) atoms. The number of carbonyl (C=O) groups is 3. The van der Waals surface area contributed by atoms with Gasteiger partial charge in [-0.1, -0.05) is 30.3 Å². The van der Waals surface area contributed by atoms with Crippen molar-refractivity contribution in [3.63, 3.8) is 0 Å². The van der Waals surface area contributed by atoms with Crippen LogP contribution in [-0.2, 0) is 9.53 Å². The number of anilines is 1. The van der Waals surface area contributed by atoms with Crippen molar-refractivity contribution in [2.45, 2.75) is 19.9 Å². The third-order valence-electron chi connectivity index (χ3n) is 3.61. The molecule has 2 amide bonds. The first kappa shape index (κ1) is 19.2. The zero-order valence-corrected chi connectivity index (χ0v) is 15.1. The minimum atomic E-state index is -0.714. The highest BCUT2D eigenvalue weighted by atomic mass is 16.5. The lowest BCUT2D eigenvalue weighted by molar-refractivity contribution is -0.124. The predicted molar refractivity (Wildman–Crippen MR) is 99.2 cm³/mol. The minimum absolute atomic E-state index is 0.0467. The van der Waals surface area contributed by atoms with Gasteiger partial charge in [0.2, 0.25) is 0 Å². The van der Waals surface area contributed by atoms with E-state index in [0.717, 1.165) is 0 Å². The Morgan fingerprint density at radius 1 is 0.962 bits per heavy atom. The summed E-state index contributed by atoms with van der Waals surface area (Å²) in [5, 5.41) is 2.64. The second-order valence-corrected chi connectivity index (χ2v) is 6.04. The molecular formula is C20H22N2O4. The van der Waals surface area contributed by atoms with E-state index in [1.54, 1.807) is 37.4 Å². The summed E-state index contributed by atoms with van der Waals surface area (Å²) in [6, 6.07) is 15.5. The largest absolute Gasteiger partial charge is 0.452 e. The van der Waals surface area contributed by atoms with E-state index >= 15 is 0 Å². The predicted octanol–water partition coefficient (Wildman–Crippen LogP) is 2.64. The summed E-state index contributed by atoms with van der Waals surface area (Å²) < 4.78 is 5.05. The van der Waals surface area contributed by atoms with Crippen molar-refractivity contribution in [3.8, 4) is 0 Å². The van der Waals surface area contributed by atoms with Gasteiger partial charge in [-0.3, -0.25) is 9.59 Å². The Morgan fingerprint density at radius 2 is 1.54 bits per heavy atom. The van der Waals surface area contributed by atoms with Crippen LogP contribution in [0.15, 0.2) is 54.6 Å². The van der Waals surface area contributed by atoms with Crippen LogP contribution < -0.4 is 10.2 Å². The van der Waals surface area contributed by atoms with E-state index in [-0.39, 0.29) is 23.1 Å². The van der Waals surface area contributed by atoms with Crippen LogP contribution in [0.2, 0.25) is 0 Å². The average molecular weight is 354 g/mol. The van der Waals surface area contributed by atoms with Crippen LogP contribution in [0.25, 0.3) is 0 Å². The van der Waals surface area contributed by atoms with Gasteiger partial charge in [0, 0.05) is 18.8 Å². The summed E-state index contributed by atoms with van der Waals surface area (Å²) >= 11 is 0. The SMILES string of the molecule is CC(C)NC(=O)COC(=O)c1ccccc1C(=O)N(C)c1ccccc1. The van der Waals surface area contributed by atoms with E-state index in [0.29, 0.717) is 5.69 Å². The highest BCUT2D eigenvalue weighted by Crippen LogP contribution is 2.18. The van der Waals surface area contributed by atoms with Crippen LogP contribution in [0, 0.1) is 0 Å². The summed E-state index contributed by atoms with van der Waals surface area (Å²) in [5.41, 5.74) is 1.04. The van der Waals surface area contributed by atoms with E-state index in [9.17, 15) is 14.4 Å². The first-order valence-corrected chi connectivity index (χ1v) is 8.28. The molecule has 0 radical (unpaired) electrons. The van der Waals surface area contributed by atoms with Gasteiger partial charge in [0.25, 0.3) is 11.8 Å². The lowest BCUT2D eigenvalue weighted by Crippen LogP contribution is -2.34. The Hall–Kier alpha value is -3.15. The smallest absolute Gasteiger partial charge is 0.339 e. The van der Waals surface area contributed by atoms with Crippen LogP contribution >= 0.6 is 0 Å². The Balaban J connectivity index is 2.15. The molecular weight excluding hydrogens is 332 g/mol. The van der Waals surface area contributed by atoms with Crippen LogP contribution in [0.4, 0.5) is 5.69 Å². The summed E-state index contributed by atoms with van der Waals surface area (Å²) in [4.78, 5) is 38.2. The molecule has 0 spiro atoms. The summed E-state index contributed by atoms with van der Waals surface area (Å²) in [5.74, 6) is -1.44. The second-order valence-electron chi connectivity index (χ2n) is 6.04. The molecule has 136 valence electrons. The zero-order chi connectivity index (χ0) is 19.1. The minimum Gasteiger partial charge on any atom is -0.452 e. The lowest BCUT2D eigenvalue weighted by atomic mass is 10.1. The van der Waals surface area contributed by atoms with Crippen molar-refractivity contribution in [3.05, 3.63) is 65.7 Å². The number of para-hydroxylation sites is 1. The molecule has 0 saturated heterocycles. The highest BCUT2D eigenvalue weighted by molar-refractivity contribution is 6.12. The normalized spacial score (nSPS) is 10.3. The number of hydrogen-bond acceptors (Lipinski definition) is 4. The molecule has 6 nitrogen and oxygen atoms in total. The van der Waals surface area contributed by atoms with E-state index in [1.165, 1.54) is 11.0 Å². The number of esters is 1. The third-order valence-corrected chi connectivity index (χ3v) is 3.61. The molecule has 2 rings (SSSR count). The maximum Gasteiger partial charge on any atom is 0.339 e. The van der Waals surface area contributed by atoms with Gasteiger partial charge in [-0.2, -0.15) is 0 Å².